The summed E-state index contributed by atoms with van der Waals surface area (Å²) in [5, 5.41) is 4.09. The van der Waals surface area contributed by atoms with E-state index in [1.54, 1.807) is 17.7 Å². The molecule has 4 nitrogen and oxygen atoms in total. The Morgan fingerprint density at radius 3 is 2.75 bits per heavy atom. The standard InChI is InChI=1S/C15H15N3OS/c1-10-7-13-14(17-9-18-15(13)20-10)19-12-5-3-11(4-6-12)8-16-2/h3-7,9,16H,8H2,1-2H3. The molecule has 0 aliphatic carbocycles. The Balaban J connectivity index is 1.88. The summed E-state index contributed by atoms with van der Waals surface area (Å²) < 4.78 is 5.87. The van der Waals surface area contributed by atoms with Crippen LogP contribution in [0.3, 0.4) is 0 Å². The van der Waals surface area contributed by atoms with Crippen molar-refractivity contribution in [3.05, 3.63) is 47.1 Å². The topological polar surface area (TPSA) is 47.0 Å². The maximum absolute atomic E-state index is 5.87. The summed E-state index contributed by atoms with van der Waals surface area (Å²) in [5.41, 5.74) is 1.22. The summed E-state index contributed by atoms with van der Waals surface area (Å²) in [6.07, 6.45) is 1.54. The van der Waals surface area contributed by atoms with Crippen LogP contribution in [0, 0.1) is 6.92 Å². The number of aryl methyl sites for hydroxylation is 1. The van der Waals surface area contributed by atoms with E-state index >= 15 is 0 Å². The van der Waals surface area contributed by atoms with Crippen molar-refractivity contribution in [2.24, 2.45) is 0 Å². The van der Waals surface area contributed by atoms with Crippen LogP contribution in [-0.4, -0.2) is 17.0 Å². The fourth-order valence-corrected chi connectivity index (χ4v) is 2.86. The monoisotopic (exact) mass is 285 g/mol. The summed E-state index contributed by atoms with van der Waals surface area (Å²) in [7, 11) is 1.93. The van der Waals surface area contributed by atoms with Gasteiger partial charge in [0, 0.05) is 11.4 Å². The van der Waals surface area contributed by atoms with Gasteiger partial charge in [0.25, 0.3) is 0 Å². The van der Waals surface area contributed by atoms with Gasteiger partial charge in [-0.15, -0.1) is 11.3 Å². The Hall–Kier alpha value is -1.98. The number of nitrogens with one attached hydrogen (secondary N) is 1. The molecule has 0 aliphatic heterocycles. The van der Waals surface area contributed by atoms with E-state index in [0.717, 1.165) is 22.5 Å². The number of thiophene rings is 1. The minimum atomic E-state index is 0.612. The van der Waals surface area contributed by atoms with E-state index in [2.05, 4.69) is 28.3 Å². The molecule has 1 N–H and O–H groups in total. The van der Waals surface area contributed by atoms with Crippen molar-refractivity contribution in [1.82, 2.24) is 15.3 Å². The molecule has 0 radical (unpaired) electrons. The molecule has 0 saturated heterocycles. The Morgan fingerprint density at radius 1 is 1.20 bits per heavy atom. The molecule has 20 heavy (non-hydrogen) atoms. The van der Waals surface area contributed by atoms with Crippen molar-refractivity contribution in [2.45, 2.75) is 13.5 Å². The normalized spacial score (nSPS) is 10.9. The molecule has 3 aromatic rings. The van der Waals surface area contributed by atoms with E-state index in [1.807, 2.05) is 31.3 Å². The van der Waals surface area contributed by atoms with Crippen LogP contribution >= 0.6 is 11.3 Å². The van der Waals surface area contributed by atoms with Gasteiger partial charge < -0.3 is 10.1 Å². The van der Waals surface area contributed by atoms with Crippen LogP contribution < -0.4 is 10.1 Å². The number of rotatable bonds is 4. The van der Waals surface area contributed by atoms with Gasteiger partial charge in [-0.1, -0.05) is 12.1 Å². The summed E-state index contributed by atoms with van der Waals surface area (Å²) in [4.78, 5) is 10.7. The van der Waals surface area contributed by atoms with Crippen molar-refractivity contribution >= 4 is 21.6 Å². The molecule has 0 fully saturated rings. The highest BCUT2D eigenvalue weighted by Crippen LogP contribution is 2.31. The Kier molecular flexibility index (Phi) is 3.62. The van der Waals surface area contributed by atoms with Crippen LogP contribution in [-0.2, 0) is 6.54 Å². The molecule has 0 amide bonds. The lowest BCUT2D eigenvalue weighted by atomic mass is 10.2. The minimum Gasteiger partial charge on any atom is -0.438 e. The van der Waals surface area contributed by atoms with Gasteiger partial charge in [-0.2, -0.15) is 0 Å². The Bertz CT molecular complexity index is 722. The van der Waals surface area contributed by atoms with Crippen molar-refractivity contribution in [3.63, 3.8) is 0 Å². The highest BCUT2D eigenvalue weighted by Gasteiger charge is 2.08. The third kappa shape index (κ3) is 2.64. The molecule has 0 unspecified atom stereocenters. The van der Waals surface area contributed by atoms with E-state index in [0.29, 0.717) is 5.88 Å². The maximum Gasteiger partial charge on any atom is 0.231 e. The van der Waals surface area contributed by atoms with Crippen molar-refractivity contribution in [2.75, 3.05) is 7.05 Å². The fraction of sp³-hybridized carbons (Fsp3) is 0.200. The molecule has 0 bridgehead atoms. The minimum absolute atomic E-state index is 0.612. The van der Waals surface area contributed by atoms with E-state index < -0.39 is 0 Å². The number of fused-ring (bicyclic) bond motifs is 1. The molecule has 0 atom stereocenters. The number of benzene rings is 1. The van der Waals surface area contributed by atoms with Crippen molar-refractivity contribution < 1.29 is 4.74 Å². The molecule has 102 valence electrons. The number of aromatic nitrogens is 2. The first-order chi connectivity index (χ1) is 9.76. The molecule has 0 aliphatic rings. The molecule has 0 spiro atoms. The van der Waals surface area contributed by atoms with E-state index in [1.165, 1.54) is 10.4 Å². The van der Waals surface area contributed by atoms with Crippen LogP contribution in [0.4, 0.5) is 0 Å². The number of hydrogen-bond donors (Lipinski definition) is 1. The van der Waals surface area contributed by atoms with Gasteiger partial charge in [0.1, 0.15) is 16.9 Å². The van der Waals surface area contributed by atoms with Crippen LogP contribution in [0.15, 0.2) is 36.7 Å². The predicted molar refractivity (Wildman–Crippen MR) is 81.4 cm³/mol. The molecule has 0 saturated carbocycles. The van der Waals surface area contributed by atoms with Gasteiger partial charge in [0.2, 0.25) is 5.88 Å². The van der Waals surface area contributed by atoms with Gasteiger partial charge in [0.15, 0.2) is 0 Å². The highest BCUT2D eigenvalue weighted by atomic mass is 32.1. The van der Waals surface area contributed by atoms with E-state index in [9.17, 15) is 0 Å². The highest BCUT2D eigenvalue weighted by molar-refractivity contribution is 7.18. The second-order valence-electron chi connectivity index (χ2n) is 4.53. The molecular formula is C15H15N3OS. The van der Waals surface area contributed by atoms with Gasteiger partial charge in [-0.3, -0.25) is 0 Å². The third-order valence-electron chi connectivity index (χ3n) is 2.93. The van der Waals surface area contributed by atoms with Crippen LogP contribution in [0.1, 0.15) is 10.4 Å². The molecular weight excluding hydrogens is 270 g/mol. The quantitative estimate of drug-likeness (QED) is 0.797. The third-order valence-corrected chi connectivity index (χ3v) is 3.89. The lowest BCUT2D eigenvalue weighted by Crippen LogP contribution is -2.04. The zero-order valence-corrected chi connectivity index (χ0v) is 12.2. The van der Waals surface area contributed by atoms with Crippen LogP contribution in [0.5, 0.6) is 11.6 Å². The van der Waals surface area contributed by atoms with Crippen molar-refractivity contribution in [3.8, 4) is 11.6 Å². The maximum atomic E-state index is 5.87. The Labute approximate surface area is 121 Å². The summed E-state index contributed by atoms with van der Waals surface area (Å²) in [6, 6.07) is 10.1. The Morgan fingerprint density at radius 2 is 2.00 bits per heavy atom. The average Bonchev–Trinajstić information content (AvgIpc) is 2.83. The summed E-state index contributed by atoms with van der Waals surface area (Å²) in [5.74, 6) is 1.40. The fourth-order valence-electron chi connectivity index (χ4n) is 2.03. The van der Waals surface area contributed by atoms with Crippen LogP contribution in [0.2, 0.25) is 0 Å². The summed E-state index contributed by atoms with van der Waals surface area (Å²) >= 11 is 1.65. The SMILES string of the molecule is CNCc1ccc(Oc2ncnc3sc(C)cc23)cc1. The lowest BCUT2D eigenvalue weighted by Gasteiger charge is -2.06. The van der Waals surface area contributed by atoms with Crippen LogP contribution in [0.25, 0.3) is 10.2 Å². The largest absolute Gasteiger partial charge is 0.438 e. The average molecular weight is 285 g/mol. The van der Waals surface area contributed by atoms with E-state index in [-0.39, 0.29) is 0 Å². The molecule has 3 rings (SSSR count). The van der Waals surface area contributed by atoms with Gasteiger partial charge in [0.05, 0.1) is 5.39 Å². The first-order valence-corrected chi connectivity index (χ1v) is 7.20. The first kappa shape index (κ1) is 13.0. The lowest BCUT2D eigenvalue weighted by molar-refractivity contribution is 0.468. The van der Waals surface area contributed by atoms with Gasteiger partial charge in [-0.25, -0.2) is 9.97 Å². The molecule has 2 heterocycles. The zero-order chi connectivity index (χ0) is 13.9. The van der Waals surface area contributed by atoms with Crippen molar-refractivity contribution in [1.29, 1.82) is 0 Å². The molecule has 5 heteroatoms. The zero-order valence-electron chi connectivity index (χ0n) is 11.4. The molecule has 1 aromatic carbocycles. The molecule has 2 aromatic heterocycles. The second kappa shape index (κ2) is 5.56. The number of ether oxygens (including phenoxy) is 1. The van der Waals surface area contributed by atoms with Gasteiger partial charge >= 0.3 is 0 Å². The number of hydrogen-bond acceptors (Lipinski definition) is 5. The number of nitrogens with zero attached hydrogens (tertiary/aromatic N) is 2. The smallest absolute Gasteiger partial charge is 0.231 e. The van der Waals surface area contributed by atoms with Gasteiger partial charge in [-0.05, 0) is 37.7 Å². The predicted octanol–water partition coefficient (Wildman–Crippen LogP) is 3.51. The summed E-state index contributed by atoms with van der Waals surface area (Å²) in [6.45, 7) is 2.91. The van der Waals surface area contributed by atoms with E-state index in [4.69, 9.17) is 4.74 Å². The second-order valence-corrected chi connectivity index (χ2v) is 5.77. The first-order valence-electron chi connectivity index (χ1n) is 6.39.